The fourth-order valence-corrected chi connectivity index (χ4v) is 1.82. The van der Waals surface area contributed by atoms with Crippen molar-refractivity contribution in [3.8, 4) is 5.75 Å². The number of phenols is 1. The van der Waals surface area contributed by atoms with E-state index in [1.807, 2.05) is 12.1 Å². The summed E-state index contributed by atoms with van der Waals surface area (Å²) in [7, 11) is 0. The molecule has 0 aromatic heterocycles. The minimum Gasteiger partial charge on any atom is -0.508 e. The maximum atomic E-state index is 11.5. The van der Waals surface area contributed by atoms with Crippen LogP contribution in [-0.4, -0.2) is 23.6 Å². The molecule has 3 N–H and O–H groups in total. The summed E-state index contributed by atoms with van der Waals surface area (Å²) in [5, 5.41) is 15.2. The van der Waals surface area contributed by atoms with E-state index in [-0.39, 0.29) is 17.7 Å². The van der Waals surface area contributed by atoms with Crippen molar-refractivity contribution >= 4 is 5.91 Å². The van der Waals surface area contributed by atoms with Gasteiger partial charge >= 0.3 is 0 Å². The van der Waals surface area contributed by atoms with Crippen molar-refractivity contribution in [2.24, 2.45) is 0 Å². The summed E-state index contributed by atoms with van der Waals surface area (Å²) in [5.41, 5.74) is 1.07. The van der Waals surface area contributed by atoms with Crippen molar-refractivity contribution in [2.45, 2.75) is 25.4 Å². The third-order valence-corrected chi connectivity index (χ3v) is 2.77. The fourth-order valence-electron chi connectivity index (χ4n) is 1.82. The van der Waals surface area contributed by atoms with Gasteiger partial charge in [0.2, 0.25) is 5.91 Å². The molecule has 16 heavy (non-hydrogen) atoms. The predicted molar refractivity (Wildman–Crippen MR) is 61.0 cm³/mol. The van der Waals surface area contributed by atoms with Gasteiger partial charge < -0.3 is 15.7 Å². The molecule has 1 amide bonds. The largest absolute Gasteiger partial charge is 0.508 e. The van der Waals surface area contributed by atoms with Gasteiger partial charge in [-0.15, -0.1) is 0 Å². The third-order valence-electron chi connectivity index (χ3n) is 2.77. The third kappa shape index (κ3) is 2.73. The van der Waals surface area contributed by atoms with Gasteiger partial charge in [0.1, 0.15) is 5.75 Å². The van der Waals surface area contributed by atoms with Gasteiger partial charge in [-0.05, 0) is 30.5 Å². The smallest absolute Gasteiger partial charge is 0.237 e. The van der Waals surface area contributed by atoms with E-state index in [0.717, 1.165) is 24.9 Å². The van der Waals surface area contributed by atoms with Crippen LogP contribution in [0.15, 0.2) is 24.3 Å². The molecule has 1 atom stereocenters. The van der Waals surface area contributed by atoms with Gasteiger partial charge in [-0.25, -0.2) is 0 Å². The number of hydrogen-bond donors (Lipinski definition) is 3. The first kappa shape index (κ1) is 11.0. The SMILES string of the molecule is O=C1NCCCC1NCc1ccc(O)cc1. The van der Waals surface area contributed by atoms with Crippen molar-refractivity contribution in [2.75, 3.05) is 6.54 Å². The molecule has 1 aromatic carbocycles. The molecule has 0 bridgehead atoms. The lowest BCUT2D eigenvalue weighted by molar-refractivity contribution is -0.124. The highest BCUT2D eigenvalue weighted by molar-refractivity contribution is 5.82. The summed E-state index contributed by atoms with van der Waals surface area (Å²) < 4.78 is 0. The maximum Gasteiger partial charge on any atom is 0.237 e. The van der Waals surface area contributed by atoms with E-state index < -0.39 is 0 Å². The Bertz CT molecular complexity index is 362. The van der Waals surface area contributed by atoms with Crippen molar-refractivity contribution in [1.82, 2.24) is 10.6 Å². The summed E-state index contributed by atoms with van der Waals surface area (Å²) in [4.78, 5) is 11.5. The topological polar surface area (TPSA) is 61.4 Å². The van der Waals surface area contributed by atoms with Crippen molar-refractivity contribution in [3.05, 3.63) is 29.8 Å². The van der Waals surface area contributed by atoms with Gasteiger partial charge in [-0.2, -0.15) is 0 Å². The summed E-state index contributed by atoms with van der Waals surface area (Å²) >= 11 is 0. The minimum absolute atomic E-state index is 0.0810. The molecule has 0 saturated carbocycles. The predicted octanol–water partition coefficient (Wildman–Crippen LogP) is 0.760. The minimum atomic E-state index is -0.0810. The molecule has 1 unspecified atom stereocenters. The zero-order chi connectivity index (χ0) is 11.4. The Hall–Kier alpha value is -1.55. The van der Waals surface area contributed by atoms with Gasteiger partial charge in [0.05, 0.1) is 6.04 Å². The Morgan fingerprint density at radius 3 is 2.81 bits per heavy atom. The lowest BCUT2D eigenvalue weighted by Gasteiger charge is -2.22. The number of rotatable bonds is 3. The van der Waals surface area contributed by atoms with E-state index >= 15 is 0 Å². The number of amides is 1. The average molecular weight is 220 g/mol. The van der Waals surface area contributed by atoms with E-state index in [9.17, 15) is 4.79 Å². The van der Waals surface area contributed by atoms with Gasteiger partial charge in [-0.1, -0.05) is 12.1 Å². The Balaban J connectivity index is 1.86. The van der Waals surface area contributed by atoms with Crippen LogP contribution < -0.4 is 10.6 Å². The molecule has 1 heterocycles. The lowest BCUT2D eigenvalue weighted by atomic mass is 10.1. The van der Waals surface area contributed by atoms with Gasteiger partial charge in [0.15, 0.2) is 0 Å². The number of carbonyl (C=O) groups excluding carboxylic acids is 1. The second-order valence-corrected chi connectivity index (χ2v) is 4.03. The normalized spacial score (nSPS) is 20.5. The quantitative estimate of drug-likeness (QED) is 0.704. The number of aromatic hydroxyl groups is 1. The number of benzene rings is 1. The average Bonchev–Trinajstić information content (AvgIpc) is 2.30. The van der Waals surface area contributed by atoms with Crippen LogP contribution >= 0.6 is 0 Å². The molecule has 0 aliphatic carbocycles. The molecule has 4 nitrogen and oxygen atoms in total. The second kappa shape index (κ2) is 4.99. The first-order valence-electron chi connectivity index (χ1n) is 5.55. The molecule has 0 radical (unpaired) electrons. The van der Waals surface area contributed by atoms with Gasteiger partial charge in [0.25, 0.3) is 0 Å². The Morgan fingerprint density at radius 2 is 2.12 bits per heavy atom. The van der Waals surface area contributed by atoms with Crippen LogP contribution in [0.5, 0.6) is 5.75 Å². The van der Waals surface area contributed by atoms with E-state index in [2.05, 4.69) is 10.6 Å². The Labute approximate surface area is 94.7 Å². The van der Waals surface area contributed by atoms with E-state index in [0.29, 0.717) is 6.54 Å². The summed E-state index contributed by atoms with van der Waals surface area (Å²) in [6.07, 6.45) is 1.92. The Morgan fingerprint density at radius 1 is 1.38 bits per heavy atom. The summed E-state index contributed by atoms with van der Waals surface area (Å²) in [5.74, 6) is 0.351. The lowest BCUT2D eigenvalue weighted by Crippen LogP contribution is -2.47. The second-order valence-electron chi connectivity index (χ2n) is 4.03. The molecular formula is C12H16N2O2. The zero-order valence-electron chi connectivity index (χ0n) is 9.07. The highest BCUT2D eigenvalue weighted by atomic mass is 16.3. The molecular weight excluding hydrogens is 204 g/mol. The first-order valence-corrected chi connectivity index (χ1v) is 5.55. The van der Waals surface area contributed by atoms with Crippen LogP contribution in [0.25, 0.3) is 0 Å². The Kier molecular flexibility index (Phi) is 3.41. The van der Waals surface area contributed by atoms with Crippen molar-refractivity contribution in [1.29, 1.82) is 0 Å². The number of hydrogen-bond acceptors (Lipinski definition) is 3. The zero-order valence-corrected chi connectivity index (χ0v) is 9.07. The summed E-state index contributed by atoms with van der Waals surface area (Å²) in [6.45, 7) is 1.44. The molecule has 1 aliphatic rings. The fraction of sp³-hybridized carbons (Fsp3) is 0.417. The van der Waals surface area contributed by atoms with E-state index in [1.165, 1.54) is 0 Å². The highest BCUT2D eigenvalue weighted by Gasteiger charge is 2.20. The van der Waals surface area contributed by atoms with Gasteiger partial charge in [0, 0.05) is 13.1 Å². The van der Waals surface area contributed by atoms with Crippen molar-refractivity contribution in [3.63, 3.8) is 0 Å². The number of phenolic OH excluding ortho intramolecular Hbond substituents is 1. The monoisotopic (exact) mass is 220 g/mol. The van der Waals surface area contributed by atoms with Crippen LogP contribution in [0.2, 0.25) is 0 Å². The molecule has 86 valence electrons. The maximum absolute atomic E-state index is 11.5. The first-order chi connectivity index (χ1) is 7.75. The number of nitrogens with one attached hydrogen (secondary N) is 2. The standard InChI is InChI=1S/C12H16N2O2/c15-10-5-3-9(4-6-10)8-14-11-2-1-7-13-12(11)16/h3-6,11,14-15H,1-2,7-8H2,(H,13,16). The van der Waals surface area contributed by atoms with Crippen LogP contribution in [0, 0.1) is 0 Å². The number of piperidine rings is 1. The van der Waals surface area contributed by atoms with Crippen molar-refractivity contribution < 1.29 is 9.90 Å². The van der Waals surface area contributed by atoms with E-state index in [1.54, 1.807) is 12.1 Å². The van der Waals surface area contributed by atoms with Crippen LogP contribution in [0.1, 0.15) is 18.4 Å². The number of carbonyl (C=O) groups is 1. The summed E-state index contributed by atoms with van der Waals surface area (Å²) in [6, 6.07) is 6.92. The van der Waals surface area contributed by atoms with E-state index in [4.69, 9.17) is 5.11 Å². The van der Waals surface area contributed by atoms with Crippen LogP contribution in [-0.2, 0) is 11.3 Å². The molecule has 2 rings (SSSR count). The highest BCUT2D eigenvalue weighted by Crippen LogP contribution is 2.10. The van der Waals surface area contributed by atoms with Crippen LogP contribution in [0.3, 0.4) is 0 Å². The van der Waals surface area contributed by atoms with Crippen LogP contribution in [0.4, 0.5) is 0 Å². The molecule has 1 fully saturated rings. The molecule has 0 spiro atoms. The van der Waals surface area contributed by atoms with Gasteiger partial charge in [-0.3, -0.25) is 4.79 Å². The molecule has 1 saturated heterocycles. The molecule has 4 heteroatoms. The molecule has 1 aromatic rings. The molecule has 1 aliphatic heterocycles.